The summed E-state index contributed by atoms with van der Waals surface area (Å²) >= 11 is 0. The summed E-state index contributed by atoms with van der Waals surface area (Å²) in [4.78, 5) is 5.94. The molecular formula is C48H50BrN11+2. The molecule has 2 heterocycles. The number of quaternary nitrogens is 1. The zero-order valence-corrected chi connectivity index (χ0v) is 36.1. The molecule has 12 heteroatoms. The third-order valence-electron chi connectivity index (χ3n) is 11.6. The number of hydrogen-bond donors (Lipinski definition) is 2. The Morgan fingerprint density at radius 1 is 0.550 bits per heavy atom. The number of halogens is 1. The predicted molar refractivity (Wildman–Crippen MR) is 243 cm³/mol. The van der Waals surface area contributed by atoms with E-state index in [1.165, 1.54) is 0 Å². The van der Waals surface area contributed by atoms with Crippen molar-refractivity contribution in [2.24, 2.45) is 10.2 Å². The van der Waals surface area contributed by atoms with Crippen LogP contribution in [0.2, 0.25) is 0 Å². The number of nitrogens with zero attached hydrogens (tertiary/aromatic N) is 9. The number of aromatic nitrogens is 2. The fraction of sp³-hybridized carbons (Fsp3) is 0.208. The van der Waals surface area contributed by atoms with Crippen LogP contribution in [-0.4, -0.2) is 31.2 Å². The molecule has 0 aliphatic carbocycles. The summed E-state index contributed by atoms with van der Waals surface area (Å²) in [5.74, 6) is 0. The highest BCUT2D eigenvalue weighted by atomic mass is 79.9. The fourth-order valence-electron chi connectivity index (χ4n) is 8.21. The van der Waals surface area contributed by atoms with Gasteiger partial charge in [0, 0.05) is 66.6 Å². The highest BCUT2D eigenvalue weighted by molar-refractivity contribution is 6.11. The van der Waals surface area contributed by atoms with Crippen LogP contribution < -0.4 is 37.6 Å². The Labute approximate surface area is 360 Å². The maximum absolute atomic E-state index is 9.01. The minimum atomic E-state index is 0. The number of anilines is 2. The summed E-state index contributed by atoms with van der Waals surface area (Å²) < 4.78 is 5.72. The van der Waals surface area contributed by atoms with Gasteiger partial charge in [0.2, 0.25) is 22.4 Å². The van der Waals surface area contributed by atoms with Crippen LogP contribution >= 0.6 is 0 Å². The Kier molecular flexibility index (Phi) is 13.5. The van der Waals surface area contributed by atoms with Crippen molar-refractivity contribution >= 4 is 66.1 Å². The fourth-order valence-corrected chi connectivity index (χ4v) is 8.21. The van der Waals surface area contributed by atoms with Crippen LogP contribution in [-0.2, 0) is 13.1 Å². The first-order valence-electron chi connectivity index (χ1n) is 20.1. The molecule has 0 amide bonds. The number of hydrogen-bond acceptors (Lipinski definition) is 4. The van der Waals surface area contributed by atoms with Gasteiger partial charge in [-0.3, -0.25) is 0 Å². The SMILES string of the molecule is CC[N+](C)(CC)CCC[n+]1c(-c2ccccc2)c2cc(N=[N+]=[N-])ccc2c2ccc(N)cc21.CC[n+]1c(-c2ccccc2)c2cc(N=[N+]=[N-])ccc2c2ccc(N)cc21.[Br-]. The van der Waals surface area contributed by atoms with Gasteiger partial charge in [-0.1, -0.05) is 70.9 Å². The second-order valence-electron chi connectivity index (χ2n) is 15.0. The van der Waals surface area contributed by atoms with E-state index in [1.807, 2.05) is 72.8 Å². The van der Waals surface area contributed by atoms with Crippen LogP contribution in [0.1, 0.15) is 27.2 Å². The monoisotopic (exact) mass is 859 g/mol. The number of nitrogens with two attached hydrogens (primary N) is 2. The van der Waals surface area contributed by atoms with Crippen molar-refractivity contribution in [3.05, 3.63) is 154 Å². The number of pyridine rings is 2. The Hall–Kier alpha value is -6.68. The van der Waals surface area contributed by atoms with Crippen LogP contribution in [0, 0.1) is 0 Å². The third kappa shape index (κ3) is 8.69. The first-order valence-corrected chi connectivity index (χ1v) is 20.1. The lowest BCUT2D eigenvalue weighted by Gasteiger charge is -2.31. The molecule has 8 rings (SSSR count). The second-order valence-corrected chi connectivity index (χ2v) is 15.0. The molecule has 11 nitrogen and oxygen atoms in total. The van der Waals surface area contributed by atoms with Crippen molar-refractivity contribution in [1.82, 2.24) is 0 Å². The Bertz CT molecular complexity index is 2920. The summed E-state index contributed by atoms with van der Waals surface area (Å²) in [6.07, 6.45) is 1.05. The van der Waals surface area contributed by atoms with Crippen LogP contribution in [0.5, 0.6) is 0 Å². The van der Waals surface area contributed by atoms with E-state index >= 15 is 0 Å². The van der Waals surface area contributed by atoms with E-state index in [1.54, 1.807) is 0 Å². The topological polar surface area (TPSA) is 157 Å². The first kappa shape index (κ1) is 42.9. The Morgan fingerprint density at radius 2 is 0.983 bits per heavy atom. The third-order valence-corrected chi connectivity index (χ3v) is 11.6. The Balaban J connectivity index is 0.000000203. The zero-order valence-electron chi connectivity index (χ0n) is 34.5. The highest BCUT2D eigenvalue weighted by Gasteiger charge is 2.26. The predicted octanol–water partition coefficient (Wildman–Crippen LogP) is 8.84. The summed E-state index contributed by atoms with van der Waals surface area (Å²) in [5.41, 5.74) is 39.6. The summed E-state index contributed by atoms with van der Waals surface area (Å²) in [7, 11) is 2.32. The molecule has 0 aliphatic rings. The van der Waals surface area contributed by atoms with Gasteiger partial charge in [-0.15, -0.1) is 0 Å². The van der Waals surface area contributed by atoms with Crippen LogP contribution in [0.3, 0.4) is 0 Å². The molecule has 0 radical (unpaired) electrons. The van der Waals surface area contributed by atoms with Gasteiger partial charge in [0.05, 0.1) is 54.6 Å². The highest BCUT2D eigenvalue weighted by Crippen LogP contribution is 2.36. The van der Waals surface area contributed by atoms with Gasteiger partial charge >= 0.3 is 0 Å². The first-order chi connectivity index (χ1) is 28.7. The number of azide groups is 2. The normalized spacial score (nSPS) is 11.1. The van der Waals surface area contributed by atoms with E-state index in [-0.39, 0.29) is 17.0 Å². The summed E-state index contributed by atoms with van der Waals surface area (Å²) in [6.45, 7) is 11.7. The van der Waals surface area contributed by atoms with Gasteiger partial charge in [0.25, 0.3) is 0 Å². The smallest absolute Gasteiger partial charge is 0.220 e. The van der Waals surface area contributed by atoms with Crippen LogP contribution in [0.15, 0.2) is 144 Å². The van der Waals surface area contributed by atoms with Crippen molar-refractivity contribution in [2.45, 2.75) is 40.3 Å². The molecule has 302 valence electrons. The van der Waals surface area contributed by atoms with E-state index in [0.717, 1.165) is 121 Å². The summed E-state index contributed by atoms with van der Waals surface area (Å²) in [6, 6.07) is 44.6. The molecule has 0 atom stereocenters. The molecule has 0 spiro atoms. The number of benzene rings is 6. The number of rotatable bonds is 11. The van der Waals surface area contributed by atoms with Gasteiger partial charge in [0.1, 0.15) is 6.54 Å². The van der Waals surface area contributed by atoms with Crippen molar-refractivity contribution in [2.75, 3.05) is 38.1 Å². The molecule has 60 heavy (non-hydrogen) atoms. The van der Waals surface area contributed by atoms with Gasteiger partial charge in [-0.2, -0.15) is 9.13 Å². The summed E-state index contributed by atoms with van der Waals surface area (Å²) in [5, 5.41) is 14.3. The van der Waals surface area contributed by atoms with Gasteiger partial charge < -0.3 is 32.9 Å². The maximum Gasteiger partial charge on any atom is 0.220 e. The molecule has 8 aromatic rings. The largest absolute Gasteiger partial charge is 1.00 e. The minimum Gasteiger partial charge on any atom is -1.00 e. The Morgan fingerprint density at radius 3 is 1.42 bits per heavy atom. The lowest BCUT2D eigenvalue weighted by molar-refractivity contribution is -0.908. The van der Waals surface area contributed by atoms with E-state index in [2.05, 4.69) is 118 Å². The molecule has 0 aliphatic heterocycles. The number of fused-ring (bicyclic) bond motifs is 6. The van der Waals surface area contributed by atoms with Gasteiger partial charge in [0.15, 0.2) is 6.54 Å². The second kappa shape index (κ2) is 18.9. The molecule has 0 bridgehead atoms. The molecular weight excluding hydrogens is 811 g/mol. The van der Waals surface area contributed by atoms with Crippen molar-refractivity contribution in [1.29, 1.82) is 0 Å². The average Bonchev–Trinajstić information content (AvgIpc) is 3.26. The van der Waals surface area contributed by atoms with E-state index in [0.29, 0.717) is 11.4 Å². The lowest BCUT2D eigenvalue weighted by atomic mass is 9.98. The van der Waals surface area contributed by atoms with Gasteiger partial charge in [-0.25, -0.2) is 0 Å². The molecule has 0 unspecified atom stereocenters. The molecule has 6 aromatic carbocycles. The minimum absolute atomic E-state index is 0. The molecule has 2 aromatic heterocycles. The zero-order chi connectivity index (χ0) is 41.5. The van der Waals surface area contributed by atoms with Crippen molar-refractivity contribution in [3.8, 4) is 22.5 Å². The number of aryl methyl sites for hydroxylation is 2. The quantitative estimate of drug-likeness (QED) is 0.0254. The van der Waals surface area contributed by atoms with Crippen molar-refractivity contribution < 1.29 is 30.6 Å². The van der Waals surface area contributed by atoms with E-state index in [4.69, 9.17) is 22.5 Å². The van der Waals surface area contributed by atoms with Crippen molar-refractivity contribution in [3.63, 3.8) is 0 Å². The number of nitrogen functional groups attached to an aromatic ring is 2. The molecule has 0 fully saturated rings. The van der Waals surface area contributed by atoms with E-state index in [9.17, 15) is 0 Å². The molecule has 0 saturated heterocycles. The van der Waals surface area contributed by atoms with Crippen LogP contribution in [0.4, 0.5) is 22.7 Å². The van der Waals surface area contributed by atoms with E-state index < -0.39 is 0 Å². The lowest BCUT2D eigenvalue weighted by Crippen LogP contribution is -3.00. The molecule has 4 N–H and O–H groups in total. The average molecular weight is 861 g/mol. The van der Waals surface area contributed by atoms with Crippen LogP contribution in [0.25, 0.3) is 86.8 Å². The molecule has 0 saturated carbocycles. The maximum atomic E-state index is 9.01. The standard InChI is InChI=1S/C27H31N6.C21H17N5.BrH/c1-4-33(3,5-2)17-9-16-32-26-18-21(28)12-14-24(26)23-15-13-22(30-31-29)19-25(23)27(32)20-10-7-6-8-11-20;1-2-26-20-12-15(22)8-10-18(20)17-11-9-16(24-25-23)13-19(17)21(26)14-6-4-3-5-7-14;/h6-8,10-15,18-19,28H,4-5,9,16-17H2,1-3H3;3-13,22H,2H2,1H3;1H/q+1;;/p+1. The van der Waals surface area contributed by atoms with Gasteiger partial charge in [-0.05, 0) is 92.5 Å².